The molecule has 3 N–H and O–H groups in total. The number of hydrogen-bond donors (Lipinski definition) is 3. The summed E-state index contributed by atoms with van der Waals surface area (Å²) in [5.74, 6) is 1.41. The van der Waals surface area contributed by atoms with Crippen LogP contribution in [0.4, 0.5) is 11.8 Å². The van der Waals surface area contributed by atoms with Crippen LogP contribution in [0, 0.1) is 0 Å². The van der Waals surface area contributed by atoms with Crippen molar-refractivity contribution in [1.82, 2.24) is 9.97 Å². The van der Waals surface area contributed by atoms with Crippen LogP contribution in [0.15, 0.2) is 11.4 Å². The van der Waals surface area contributed by atoms with Crippen molar-refractivity contribution in [3.8, 4) is 0 Å². The van der Waals surface area contributed by atoms with Gasteiger partial charge in [-0.15, -0.1) is 11.3 Å². The number of rotatable bonds is 4. The van der Waals surface area contributed by atoms with Gasteiger partial charge in [-0.3, -0.25) is 0 Å². The molecule has 1 fully saturated rings. The summed E-state index contributed by atoms with van der Waals surface area (Å²) >= 11 is 1.60. The molecule has 0 aliphatic heterocycles. The molecule has 0 radical (unpaired) electrons. The van der Waals surface area contributed by atoms with Crippen LogP contribution in [0.1, 0.15) is 32.1 Å². The van der Waals surface area contributed by atoms with Crippen molar-refractivity contribution in [3.63, 3.8) is 0 Å². The Morgan fingerprint density at radius 1 is 1.30 bits per heavy atom. The van der Waals surface area contributed by atoms with Gasteiger partial charge < -0.3 is 15.7 Å². The Labute approximate surface area is 122 Å². The van der Waals surface area contributed by atoms with Gasteiger partial charge in [-0.25, -0.2) is 4.98 Å². The van der Waals surface area contributed by atoms with E-state index in [-0.39, 0.29) is 0 Å². The predicted molar refractivity (Wildman–Crippen MR) is 83.5 cm³/mol. The molecule has 3 rings (SSSR count). The minimum absolute atomic E-state index is 0.554. The lowest BCUT2D eigenvalue weighted by Gasteiger charge is -2.32. The molecule has 2 heterocycles. The van der Waals surface area contributed by atoms with Crippen molar-refractivity contribution < 1.29 is 5.11 Å². The lowest BCUT2D eigenvalue weighted by molar-refractivity contribution is 0.0167. The number of fused-ring (bicyclic) bond motifs is 1. The molecular formula is C14H20N4OS. The largest absolute Gasteiger partial charge is 0.388 e. The highest BCUT2D eigenvalue weighted by Crippen LogP contribution is 2.30. The third kappa shape index (κ3) is 2.71. The second kappa shape index (κ2) is 5.54. The molecule has 0 atom stereocenters. The number of thiophene rings is 1. The summed E-state index contributed by atoms with van der Waals surface area (Å²) in [4.78, 5) is 9.85. The molecule has 2 aromatic rings. The van der Waals surface area contributed by atoms with Crippen molar-refractivity contribution in [2.45, 2.75) is 37.7 Å². The zero-order valence-corrected chi connectivity index (χ0v) is 12.5. The van der Waals surface area contributed by atoms with E-state index in [2.05, 4.69) is 20.6 Å². The molecule has 108 valence electrons. The van der Waals surface area contributed by atoms with E-state index in [1.54, 1.807) is 11.3 Å². The average Bonchev–Trinajstić information content (AvgIpc) is 2.93. The van der Waals surface area contributed by atoms with Crippen LogP contribution >= 0.6 is 11.3 Å². The van der Waals surface area contributed by atoms with E-state index in [0.717, 1.165) is 41.7 Å². The quantitative estimate of drug-likeness (QED) is 0.808. The lowest BCUT2D eigenvalue weighted by atomic mass is 9.85. The van der Waals surface area contributed by atoms with Gasteiger partial charge in [0.1, 0.15) is 10.6 Å². The van der Waals surface area contributed by atoms with E-state index >= 15 is 0 Å². The smallest absolute Gasteiger partial charge is 0.225 e. The normalized spacial score (nSPS) is 18.1. The minimum atomic E-state index is -0.592. The highest BCUT2D eigenvalue weighted by molar-refractivity contribution is 7.16. The molecule has 0 bridgehead atoms. The number of nitrogens with zero attached hydrogens (tertiary/aromatic N) is 2. The lowest BCUT2D eigenvalue weighted by Crippen LogP contribution is -2.39. The summed E-state index contributed by atoms with van der Waals surface area (Å²) in [6.45, 7) is 0.554. The van der Waals surface area contributed by atoms with E-state index in [1.807, 2.05) is 18.5 Å². The number of nitrogens with one attached hydrogen (secondary N) is 2. The Morgan fingerprint density at radius 3 is 2.85 bits per heavy atom. The summed E-state index contributed by atoms with van der Waals surface area (Å²) in [7, 11) is 1.81. The highest BCUT2D eigenvalue weighted by Gasteiger charge is 2.29. The molecule has 1 aliphatic rings. The molecule has 0 saturated heterocycles. The summed E-state index contributed by atoms with van der Waals surface area (Å²) in [5, 5.41) is 19.9. The van der Waals surface area contributed by atoms with Crippen molar-refractivity contribution in [2.24, 2.45) is 0 Å². The third-order valence-electron chi connectivity index (χ3n) is 3.92. The van der Waals surface area contributed by atoms with Crippen molar-refractivity contribution in [3.05, 3.63) is 11.4 Å². The molecular weight excluding hydrogens is 272 g/mol. The first-order valence-corrected chi connectivity index (χ1v) is 7.97. The maximum atomic E-state index is 10.6. The fraction of sp³-hybridized carbons (Fsp3) is 0.571. The third-order valence-corrected chi connectivity index (χ3v) is 4.72. The fourth-order valence-electron chi connectivity index (χ4n) is 2.74. The summed E-state index contributed by atoms with van der Waals surface area (Å²) in [6.07, 6.45) is 5.19. The summed E-state index contributed by atoms with van der Waals surface area (Å²) in [5.41, 5.74) is -0.592. The molecule has 1 aliphatic carbocycles. The van der Waals surface area contributed by atoms with Gasteiger partial charge in [-0.05, 0) is 24.3 Å². The molecule has 2 aromatic heterocycles. The van der Waals surface area contributed by atoms with Crippen LogP contribution in [0.2, 0.25) is 0 Å². The SMILES string of the molecule is CNc1nc(NCC2(O)CCCCC2)c2ccsc2n1. The Kier molecular flexibility index (Phi) is 3.76. The zero-order valence-electron chi connectivity index (χ0n) is 11.6. The van der Waals surface area contributed by atoms with E-state index in [0.29, 0.717) is 12.5 Å². The Hall–Kier alpha value is -1.40. The molecule has 6 heteroatoms. The maximum Gasteiger partial charge on any atom is 0.225 e. The Balaban J connectivity index is 1.81. The summed E-state index contributed by atoms with van der Waals surface area (Å²) < 4.78 is 0. The fourth-order valence-corrected chi connectivity index (χ4v) is 3.50. The molecule has 5 nitrogen and oxygen atoms in total. The van der Waals surface area contributed by atoms with Crippen LogP contribution in [0.25, 0.3) is 10.2 Å². The van der Waals surface area contributed by atoms with E-state index in [4.69, 9.17) is 0 Å². The van der Waals surface area contributed by atoms with Crippen LogP contribution < -0.4 is 10.6 Å². The van der Waals surface area contributed by atoms with Gasteiger partial charge in [-0.1, -0.05) is 19.3 Å². The van der Waals surface area contributed by atoms with Crippen LogP contribution in [0.3, 0.4) is 0 Å². The van der Waals surface area contributed by atoms with Gasteiger partial charge in [0.25, 0.3) is 0 Å². The average molecular weight is 292 g/mol. The molecule has 0 spiro atoms. The number of aromatic nitrogens is 2. The van der Waals surface area contributed by atoms with Crippen LogP contribution in [-0.4, -0.2) is 34.3 Å². The van der Waals surface area contributed by atoms with Crippen molar-refractivity contribution in [1.29, 1.82) is 0 Å². The maximum absolute atomic E-state index is 10.6. The Morgan fingerprint density at radius 2 is 2.10 bits per heavy atom. The molecule has 0 unspecified atom stereocenters. The van der Waals surface area contributed by atoms with Crippen LogP contribution in [0.5, 0.6) is 0 Å². The minimum Gasteiger partial charge on any atom is -0.388 e. The number of anilines is 2. The molecule has 0 aromatic carbocycles. The monoisotopic (exact) mass is 292 g/mol. The summed E-state index contributed by atoms with van der Waals surface area (Å²) in [6, 6.07) is 2.02. The first-order valence-electron chi connectivity index (χ1n) is 7.09. The van der Waals surface area contributed by atoms with Gasteiger partial charge in [0.15, 0.2) is 0 Å². The topological polar surface area (TPSA) is 70.1 Å². The first kappa shape index (κ1) is 13.6. The molecule has 20 heavy (non-hydrogen) atoms. The van der Waals surface area contributed by atoms with E-state index < -0.39 is 5.60 Å². The number of aliphatic hydroxyl groups is 1. The zero-order chi connectivity index (χ0) is 14.0. The van der Waals surface area contributed by atoms with Gasteiger partial charge in [0.05, 0.1) is 11.0 Å². The van der Waals surface area contributed by atoms with Gasteiger partial charge in [0, 0.05) is 13.6 Å². The number of hydrogen-bond acceptors (Lipinski definition) is 6. The highest BCUT2D eigenvalue weighted by atomic mass is 32.1. The van der Waals surface area contributed by atoms with E-state index in [9.17, 15) is 5.11 Å². The van der Waals surface area contributed by atoms with E-state index in [1.165, 1.54) is 6.42 Å². The van der Waals surface area contributed by atoms with Crippen molar-refractivity contribution >= 4 is 33.3 Å². The predicted octanol–water partition coefficient (Wildman–Crippen LogP) is 2.84. The van der Waals surface area contributed by atoms with Gasteiger partial charge in [-0.2, -0.15) is 4.98 Å². The van der Waals surface area contributed by atoms with Gasteiger partial charge in [0.2, 0.25) is 5.95 Å². The second-order valence-corrected chi connectivity index (χ2v) is 6.32. The Bertz CT molecular complexity index is 592. The molecule has 0 amide bonds. The van der Waals surface area contributed by atoms with Crippen LogP contribution in [-0.2, 0) is 0 Å². The molecule has 1 saturated carbocycles. The second-order valence-electron chi connectivity index (χ2n) is 5.42. The van der Waals surface area contributed by atoms with Gasteiger partial charge >= 0.3 is 0 Å². The first-order chi connectivity index (χ1) is 9.70. The standard InChI is InChI=1S/C14H20N4OS/c1-15-13-17-11(10-5-8-20-12(10)18-13)16-9-14(19)6-3-2-4-7-14/h5,8,19H,2-4,6-7,9H2,1H3,(H2,15,16,17,18). The van der Waals surface area contributed by atoms with Crippen molar-refractivity contribution in [2.75, 3.05) is 24.2 Å².